The first-order valence-electron chi connectivity index (χ1n) is 10.0. The van der Waals surface area contributed by atoms with Crippen molar-refractivity contribution in [3.05, 3.63) is 70.6 Å². The molecule has 36 heavy (non-hydrogen) atoms. The number of nitrogens with zero attached hydrogens (tertiary/aromatic N) is 5. The Bertz CT molecular complexity index is 1450. The van der Waals surface area contributed by atoms with Gasteiger partial charge < -0.3 is 15.2 Å². The Morgan fingerprint density at radius 3 is 2.39 bits per heavy atom. The second kappa shape index (κ2) is 9.84. The molecule has 0 saturated heterocycles. The molecule has 1 aliphatic heterocycles. The summed E-state index contributed by atoms with van der Waals surface area (Å²) < 4.78 is 18.6. The normalized spacial score (nSPS) is 13.8. The van der Waals surface area contributed by atoms with Gasteiger partial charge >= 0.3 is 12.0 Å². The van der Waals surface area contributed by atoms with Crippen LogP contribution in [0.15, 0.2) is 63.8 Å². The number of Topliss-reactive ketones (excluding diaryl/α,β-unsaturated/α-hetero) is 2. The number of aromatic hydroxyl groups is 1. The summed E-state index contributed by atoms with van der Waals surface area (Å²) in [6.45, 7) is 0. The van der Waals surface area contributed by atoms with E-state index in [1.807, 2.05) is 0 Å². The van der Waals surface area contributed by atoms with Gasteiger partial charge in [-0.2, -0.15) is 4.99 Å². The minimum absolute atomic E-state index is 0.135. The first-order valence-corrected chi connectivity index (χ1v) is 10.4. The molecule has 0 aliphatic carbocycles. The van der Waals surface area contributed by atoms with Crippen LogP contribution in [0.3, 0.4) is 0 Å². The molecule has 2 amide bonds. The number of azo groups is 1. The molecule has 4 rings (SSSR count). The predicted octanol–water partition coefficient (Wildman–Crippen LogP) is 3.62. The van der Waals surface area contributed by atoms with Crippen molar-refractivity contribution in [3.8, 4) is 5.88 Å². The monoisotopic (exact) mass is 512 g/mol. The van der Waals surface area contributed by atoms with Crippen LogP contribution in [-0.2, 0) is 14.3 Å². The number of benzene rings is 2. The maximum absolute atomic E-state index is 13.3. The molecule has 1 atom stereocenters. The first kappa shape index (κ1) is 24.3. The number of esters is 1. The maximum atomic E-state index is 13.3. The van der Waals surface area contributed by atoms with Crippen LogP contribution in [0.25, 0.3) is 0 Å². The van der Waals surface area contributed by atoms with Gasteiger partial charge in [-0.15, -0.1) is 10.2 Å². The minimum Gasteiger partial charge on any atom is -0.493 e. The highest BCUT2D eigenvalue weighted by Gasteiger charge is 2.41. The second-order valence-corrected chi connectivity index (χ2v) is 7.60. The average Bonchev–Trinajstić information content (AvgIpc) is 3.40. The van der Waals surface area contributed by atoms with E-state index in [4.69, 9.17) is 11.6 Å². The molecule has 0 spiro atoms. The molecular formula is C22H14ClFN6O6. The average molecular weight is 513 g/mol. The van der Waals surface area contributed by atoms with Gasteiger partial charge in [0.15, 0.2) is 5.78 Å². The molecule has 1 aromatic heterocycles. The molecule has 182 valence electrons. The highest BCUT2D eigenvalue weighted by molar-refractivity contribution is 6.41. The number of carbonyl (C=O) groups is 4. The van der Waals surface area contributed by atoms with E-state index in [0.717, 1.165) is 35.9 Å². The van der Waals surface area contributed by atoms with Crippen molar-refractivity contribution in [2.45, 2.75) is 5.92 Å². The Labute approximate surface area is 206 Å². The van der Waals surface area contributed by atoms with Crippen molar-refractivity contribution in [3.63, 3.8) is 0 Å². The largest absolute Gasteiger partial charge is 0.493 e. The Hall–Kier alpha value is -4.78. The van der Waals surface area contributed by atoms with Crippen molar-refractivity contribution < 1.29 is 33.4 Å². The van der Waals surface area contributed by atoms with Crippen LogP contribution < -0.4 is 5.32 Å². The molecule has 0 saturated carbocycles. The lowest BCUT2D eigenvalue weighted by atomic mass is 9.90. The van der Waals surface area contributed by atoms with Crippen molar-refractivity contribution in [1.82, 2.24) is 9.55 Å². The van der Waals surface area contributed by atoms with Gasteiger partial charge in [0.25, 0.3) is 17.7 Å². The molecule has 2 heterocycles. The standard InChI is InChI=1S/C22H14ClFN6O6/c1-36-19(34)17(32)14(16(31)10-2-6-12(24)7-3-10)15-18(33)30-20(26-15)28-29-21(30)27-22(35)25-13-8-4-11(23)5-9-13/h2-9,14,33H,1H3,(H,25,35)/t14-/m0/s1. The summed E-state index contributed by atoms with van der Waals surface area (Å²) in [5.41, 5.74) is -0.323. The lowest BCUT2D eigenvalue weighted by Gasteiger charge is -2.12. The number of halogens is 2. The van der Waals surface area contributed by atoms with E-state index < -0.39 is 52.8 Å². The third-order valence-corrected chi connectivity index (χ3v) is 5.15. The summed E-state index contributed by atoms with van der Waals surface area (Å²) in [6, 6.07) is 9.42. The summed E-state index contributed by atoms with van der Waals surface area (Å²) in [6.07, 6.45) is 0. The number of anilines is 1. The van der Waals surface area contributed by atoms with E-state index in [0.29, 0.717) is 10.7 Å². The number of ether oxygens (including phenoxy) is 1. The molecule has 3 aromatic rings. The molecule has 2 aromatic carbocycles. The quantitative estimate of drug-likeness (QED) is 0.220. The molecule has 0 bridgehead atoms. The maximum Gasteiger partial charge on any atom is 0.375 e. The number of urea groups is 1. The number of ketones is 2. The molecule has 0 unspecified atom stereocenters. The topological polar surface area (TPSA) is 165 Å². The summed E-state index contributed by atoms with van der Waals surface area (Å²) in [7, 11) is 0.935. The Morgan fingerprint density at radius 2 is 1.75 bits per heavy atom. The number of methoxy groups -OCH3 is 1. The van der Waals surface area contributed by atoms with Crippen molar-refractivity contribution in [1.29, 1.82) is 0 Å². The lowest BCUT2D eigenvalue weighted by Crippen LogP contribution is -2.30. The van der Waals surface area contributed by atoms with Crippen LogP contribution in [0.5, 0.6) is 5.88 Å². The number of aromatic nitrogens is 2. The van der Waals surface area contributed by atoms with Crippen LogP contribution in [0.4, 0.5) is 20.8 Å². The minimum atomic E-state index is -1.96. The summed E-state index contributed by atoms with van der Waals surface area (Å²) >= 11 is 5.81. The zero-order chi connectivity index (χ0) is 26.0. The van der Waals surface area contributed by atoms with E-state index in [9.17, 15) is 28.7 Å². The summed E-state index contributed by atoms with van der Waals surface area (Å²) in [4.78, 5) is 57.8. The van der Waals surface area contributed by atoms with E-state index in [1.165, 1.54) is 12.1 Å². The van der Waals surface area contributed by atoms with E-state index in [1.54, 1.807) is 12.1 Å². The number of aliphatic imine (C=N–C) groups is 1. The van der Waals surface area contributed by atoms with Gasteiger partial charge in [-0.3, -0.25) is 9.59 Å². The van der Waals surface area contributed by atoms with Crippen molar-refractivity contribution in [2.75, 3.05) is 12.4 Å². The van der Waals surface area contributed by atoms with E-state index in [2.05, 4.69) is 30.3 Å². The van der Waals surface area contributed by atoms with Gasteiger partial charge in [0.05, 0.1) is 7.11 Å². The zero-order valence-electron chi connectivity index (χ0n) is 18.2. The number of nitrogens with one attached hydrogen (secondary N) is 1. The number of carbonyl (C=O) groups excluding carboxylic acids is 4. The Morgan fingerprint density at radius 1 is 1.08 bits per heavy atom. The number of amides is 2. The highest BCUT2D eigenvalue weighted by Crippen LogP contribution is 2.36. The number of hydrogen-bond donors (Lipinski definition) is 2. The lowest BCUT2D eigenvalue weighted by molar-refractivity contribution is -0.151. The number of hydrogen-bond acceptors (Lipinski definition) is 8. The van der Waals surface area contributed by atoms with E-state index in [-0.39, 0.29) is 11.5 Å². The van der Waals surface area contributed by atoms with Gasteiger partial charge in [-0.1, -0.05) is 11.6 Å². The van der Waals surface area contributed by atoms with Crippen molar-refractivity contribution >= 4 is 52.8 Å². The second-order valence-electron chi connectivity index (χ2n) is 7.16. The van der Waals surface area contributed by atoms with Crippen LogP contribution in [0.1, 0.15) is 22.0 Å². The highest BCUT2D eigenvalue weighted by atomic mass is 35.5. The third-order valence-electron chi connectivity index (χ3n) is 4.90. The molecule has 0 fully saturated rings. The molecule has 12 nitrogen and oxygen atoms in total. The molecule has 14 heteroatoms. The SMILES string of the molecule is COC(=O)C(=O)[C@H](C(=O)c1ccc(F)cc1)c1nc2n(c1O)C(=NC(=O)Nc1ccc(Cl)cc1)N=N2. The smallest absolute Gasteiger partial charge is 0.375 e. The summed E-state index contributed by atoms with van der Waals surface area (Å²) in [5, 5.41) is 21.1. The predicted molar refractivity (Wildman–Crippen MR) is 122 cm³/mol. The van der Waals surface area contributed by atoms with Crippen LogP contribution >= 0.6 is 11.6 Å². The Kier molecular flexibility index (Phi) is 6.65. The number of imidazole rings is 1. The number of fused-ring (bicyclic) bond motifs is 1. The fraction of sp³-hybridized carbons (Fsp3) is 0.0909. The van der Waals surface area contributed by atoms with E-state index >= 15 is 0 Å². The van der Waals surface area contributed by atoms with Crippen LogP contribution in [0.2, 0.25) is 5.02 Å². The zero-order valence-corrected chi connectivity index (χ0v) is 18.9. The van der Waals surface area contributed by atoms with Gasteiger partial charge in [-0.25, -0.2) is 23.5 Å². The van der Waals surface area contributed by atoms with Gasteiger partial charge in [0.2, 0.25) is 5.88 Å². The molecular weight excluding hydrogens is 499 g/mol. The van der Waals surface area contributed by atoms with Crippen LogP contribution in [0, 0.1) is 5.82 Å². The van der Waals surface area contributed by atoms with Gasteiger partial charge in [-0.05, 0) is 48.5 Å². The molecule has 0 radical (unpaired) electrons. The molecule has 1 aliphatic rings. The summed E-state index contributed by atoms with van der Waals surface area (Å²) in [5.74, 6) is -7.82. The first-order chi connectivity index (χ1) is 17.2. The van der Waals surface area contributed by atoms with Crippen molar-refractivity contribution in [2.24, 2.45) is 15.2 Å². The van der Waals surface area contributed by atoms with Crippen LogP contribution in [-0.4, -0.2) is 51.3 Å². The molecule has 2 N–H and O–H groups in total. The van der Waals surface area contributed by atoms with Gasteiger partial charge in [0, 0.05) is 16.3 Å². The number of rotatable bonds is 6. The third kappa shape index (κ3) is 4.72. The fourth-order valence-corrected chi connectivity index (χ4v) is 3.34. The fourth-order valence-electron chi connectivity index (χ4n) is 3.21. The Balaban J connectivity index is 1.70. The van der Waals surface area contributed by atoms with Gasteiger partial charge in [0.1, 0.15) is 17.4 Å².